The van der Waals surface area contributed by atoms with Crippen LogP contribution in [0.3, 0.4) is 0 Å². The normalized spacial score (nSPS) is 11.0. The van der Waals surface area contributed by atoms with Crippen molar-refractivity contribution in [2.24, 2.45) is 5.10 Å². The van der Waals surface area contributed by atoms with Crippen LogP contribution < -0.4 is 5.43 Å². The molecule has 1 heterocycles. The first-order valence-electron chi connectivity index (χ1n) is 8.18. The molecule has 0 aliphatic heterocycles. The fourth-order valence-corrected chi connectivity index (χ4v) is 2.68. The Morgan fingerprint density at radius 2 is 1.52 bits per heavy atom. The molecule has 0 spiro atoms. The molecule has 0 bridgehead atoms. The molecule has 3 nitrogen and oxygen atoms in total. The SMILES string of the molecule is C(=NNc1ccccc1)c1ccc(-c2cnc3ccccc3c2)cc1. The Morgan fingerprint density at radius 3 is 2.36 bits per heavy atom. The van der Waals surface area contributed by atoms with Crippen molar-refractivity contribution in [2.75, 3.05) is 5.43 Å². The zero-order valence-corrected chi connectivity index (χ0v) is 13.6. The lowest BCUT2D eigenvalue weighted by Gasteiger charge is -2.04. The maximum absolute atomic E-state index is 4.53. The summed E-state index contributed by atoms with van der Waals surface area (Å²) in [5.74, 6) is 0. The van der Waals surface area contributed by atoms with E-state index in [-0.39, 0.29) is 0 Å². The van der Waals surface area contributed by atoms with Crippen LogP contribution in [0.4, 0.5) is 5.69 Å². The third kappa shape index (κ3) is 3.56. The molecule has 0 amide bonds. The third-order valence-corrected chi connectivity index (χ3v) is 4.02. The predicted octanol–water partition coefficient (Wildman–Crippen LogP) is 5.35. The Balaban J connectivity index is 1.51. The van der Waals surface area contributed by atoms with Crippen LogP contribution >= 0.6 is 0 Å². The first-order valence-corrected chi connectivity index (χ1v) is 8.18. The van der Waals surface area contributed by atoms with E-state index in [2.05, 4.69) is 51.9 Å². The minimum absolute atomic E-state index is 0.970. The molecular formula is C22H17N3. The fourth-order valence-electron chi connectivity index (χ4n) is 2.68. The van der Waals surface area contributed by atoms with Crippen LogP contribution in [-0.4, -0.2) is 11.2 Å². The molecule has 0 aliphatic carbocycles. The van der Waals surface area contributed by atoms with Gasteiger partial charge >= 0.3 is 0 Å². The summed E-state index contributed by atoms with van der Waals surface area (Å²) in [7, 11) is 0. The van der Waals surface area contributed by atoms with Crippen LogP contribution in [0.25, 0.3) is 22.0 Å². The van der Waals surface area contributed by atoms with Crippen LogP contribution in [0.15, 0.2) is 96.2 Å². The Morgan fingerprint density at radius 1 is 0.760 bits per heavy atom. The standard InChI is InChI=1S/C22H17N3/c1-2-7-21(8-3-1)25-24-15-17-10-12-18(13-11-17)20-14-19-6-4-5-9-22(19)23-16-20/h1-16,25H. The summed E-state index contributed by atoms with van der Waals surface area (Å²) >= 11 is 0. The summed E-state index contributed by atoms with van der Waals surface area (Å²) in [5.41, 5.74) is 8.31. The number of rotatable bonds is 4. The van der Waals surface area contributed by atoms with Crippen molar-refractivity contribution in [1.82, 2.24) is 4.98 Å². The van der Waals surface area contributed by atoms with Gasteiger partial charge in [-0.1, -0.05) is 60.7 Å². The smallest absolute Gasteiger partial charge is 0.0702 e. The van der Waals surface area contributed by atoms with Gasteiger partial charge in [-0.2, -0.15) is 5.10 Å². The molecule has 3 heteroatoms. The van der Waals surface area contributed by atoms with E-state index in [9.17, 15) is 0 Å². The van der Waals surface area contributed by atoms with Gasteiger partial charge in [-0.05, 0) is 35.4 Å². The highest BCUT2D eigenvalue weighted by Gasteiger charge is 2.00. The number of fused-ring (bicyclic) bond motifs is 1. The van der Waals surface area contributed by atoms with E-state index in [0.717, 1.165) is 33.3 Å². The molecule has 0 saturated carbocycles. The van der Waals surface area contributed by atoms with E-state index in [4.69, 9.17) is 0 Å². The van der Waals surface area contributed by atoms with Crippen LogP contribution in [0, 0.1) is 0 Å². The van der Waals surface area contributed by atoms with Gasteiger partial charge in [0.15, 0.2) is 0 Å². The molecule has 120 valence electrons. The molecular weight excluding hydrogens is 306 g/mol. The number of hydrazone groups is 1. The number of benzene rings is 3. The fraction of sp³-hybridized carbons (Fsp3) is 0. The quantitative estimate of drug-likeness (QED) is 0.406. The van der Waals surface area contributed by atoms with E-state index in [1.807, 2.05) is 60.9 Å². The predicted molar refractivity (Wildman–Crippen MR) is 105 cm³/mol. The van der Waals surface area contributed by atoms with Crippen LogP contribution in [0.1, 0.15) is 5.56 Å². The molecule has 0 radical (unpaired) electrons. The van der Waals surface area contributed by atoms with Crippen LogP contribution in [-0.2, 0) is 0 Å². The maximum atomic E-state index is 4.53. The Kier molecular flexibility index (Phi) is 4.21. The molecule has 0 atom stereocenters. The number of hydrogen-bond acceptors (Lipinski definition) is 3. The van der Waals surface area contributed by atoms with E-state index in [1.54, 1.807) is 0 Å². The number of pyridine rings is 1. The second kappa shape index (κ2) is 6.97. The molecule has 4 rings (SSSR count). The van der Waals surface area contributed by atoms with E-state index < -0.39 is 0 Å². The molecule has 0 unspecified atom stereocenters. The summed E-state index contributed by atoms with van der Waals surface area (Å²) < 4.78 is 0. The first-order chi connectivity index (χ1) is 12.4. The summed E-state index contributed by atoms with van der Waals surface area (Å²) in [6.45, 7) is 0. The highest BCUT2D eigenvalue weighted by atomic mass is 15.3. The van der Waals surface area contributed by atoms with Gasteiger partial charge < -0.3 is 0 Å². The van der Waals surface area contributed by atoms with Crippen molar-refractivity contribution in [2.45, 2.75) is 0 Å². The molecule has 0 saturated heterocycles. The van der Waals surface area contributed by atoms with Gasteiger partial charge in [0.25, 0.3) is 0 Å². The largest absolute Gasteiger partial charge is 0.279 e. The topological polar surface area (TPSA) is 37.3 Å². The van der Waals surface area contributed by atoms with Gasteiger partial charge in [0.2, 0.25) is 0 Å². The second-order valence-corrected chi connectivity index (χ2v) is 5.77. The molecule has 0 aliphatic rings. The molecule has 25 heavy (non-hydrogen) atoms. The lowest BCUT2D eigenvalue weighted by Crippen LogP contribution is -1.90. The van der Waals surface area contributed by atoms with Crippen LogP contribution in [0.5, 0.6) is 0 Å². The minimum Gasteiger partial charge on any atom is -0.279 e. The first kappa shape index (κ1) is 15.1. The lowest BCUT2D eigenvalue weighted by molar-refractivity contribution is 1.35. The van der Waals surface area contributed by atoms with Crippen molar-refractivity contribution in [3.63, 3.8) is 0 Å². The molecule has 1 N–H and O–H groups in total. The third-order valence-electron chi connectivity index (χ3n) is 4.02. The van der Waals surface area contributed by atoms with Crippen molar-refractivity contribution < 1.29 is 0 Å². The van der Waals surface area contributed by atoms with Crippen molar-refractivity contribution in [1.29, 1.82) is 0 Å². The summed E-state index contributed by atoms with van der Waals surface area (Å²) in [4.78, 5) is 4.53. The van der Waals surface area contributed by atoms with E-state index in [1.165, 1.54) is 0 Å². The van der Waals surface area contributed by atoms with Crippen molar-refractivity contribution in [3.8, 4) is 11.1 Å². The highest BCUT2D eigenvalue weighted by molar-refractivity contribution is 5.85. The Labute approximate surface area is 146 Å². The minimum atomic E-state index is 0.970. The monoisotopic (exact) mass is 323 g/mol. The summed E-state index contributed by atoms with van der Waals surface area (Å²) in [6.07, 6.45) is 3.73. The average molecular weight is 323 g/mol. The average Bonchev–Trinajstić information content (AvgIpc) is 2.69. The van der Waals surface area contributed by atoms with Gasteiger partial charge in [0.1, 0.15) is 0 Å². The number of para-hydroxylation sites is 2. The van der Waals surface area contributed by atoms with E-state index in [0.29, 0.717) is 0 Å². The zero-order valence-electron chi connectivity index (χ0n) is 13.6. The van der Waals surface area contributed by atoms with Gasteiger partial charge in [0, 0.05) is 17.1 Å². The molecule has 4 aromatic rings. The van der Waals surface area contributed by atoms with Crippen LogP contribution in [0.2, 0.25) is 0 Å². The van der Waals surface area contributed by atoms with Gasteiger partial charge in [-0.25, -0.2) is 0 Å². The summed E-state index contributed by atoms with van der Waals surface area (Å²) in [6, 6.07) is 28.5. The number of anilines is 1. The Hall–Kier alpha value is -3.46. The molecule has 3 aromatic carbocycles. The number of nitrogens with one attached hydrogen (secondary N) is 1. The summed E-state index contributed by atoms with van der Waals surface area (Å²) in [5, 5.41) is 5.42. The van der Waals surface area contributed by atoms with Gasteiger partial charge in [-0.15, -0.1) is 0 Å². The van der Waals surface area contributed by atoms with Gasteiger partial charge in [0.05, 0.1) is 17.4 Å². The Bertz CT molecular complexity index is 1010. The van der Waals surface area contributed by atoms with Crippen molar-refractivity contribution >= 4 is 22.8 Å². The zero-order chi connectivity index (χ0) is 16.9. The molecule has 0 fully saturated rings. The molecule has 1 aromatic heterocycles. The lowest BCUT2D eigenvalue weighted by atomic mass is 10.0. The van der Waals surface area contributed by atoms with Crippen molar-refractivity contribution in [3.05, 3.63) is 96.7 Å². The van der Waals surface area contributed by atoms with E-state index >= 15 is 0 Å². The second-order valence-electron chi connectivity index (χ2n) is 5.77. The maximum Gasteiger partial charge on any atom is 0.0702 e. The van der Waals surface area contributed by atoms with Gasteiger partial charge in [-0.3, -0.25) is 10.4 Å². The number of nitrogens with zero attached hydrogens (tertiary/aromatic N) is 2. The highest BCUT2D eigenvalue weighted by Crippen LogP contribution is 2.22. The number of hydrogen-bond donors (Lipinski definition) is 1. The number of aromatic nitrogens is 1.